The lowest BCUT2D eigenvalue weighted by Gasteiger charge is -2.05. The fraction of sp³-hybridized carbons (Fsp3) is 0. The summed E-state index contributed by atoms with van der Waals surface area (Å²) in [6.45, 7) is 0. The quantitative estimate of drug-likeness (QED) is 0.667. The van der Waals surface area contributed by atoms with Crippen LogP contribution in [0, 0.1) is 10.1 Å². The Morgan fingerprint density at radius 3 is 2.58 bits per heavy atom. The summed E-state index contributed by atoms with van der Waals surface area (Å²) in [6.07, 6.45) is 0. The average molecular weight is 363 g/mol. The number of nitro groups is 1. The smallest absolute Gasteiger partial charge is 0.271 e. The summed E-state index contributed by atoms with van der Waals surface area (Å²) < 4.78 is 27.1. The second-order valence-corrected chi connectivity index (χ2v) is 7.84. The highest BCUT2D eigenvalue weighted by molar-refractivity contribution is 9.11. The third-order valence-electron chi connectivity index (χ3n) is 2.12. The molecular weight excluding hydrogens is 356 g/mol. The van der Waals surface area contributed by atoms with Crippen LogP contribution in [0.15, 0.2) is 44.4 Å². The van der Waals surface area contributed by atoms with Gasteiger partial charge in [-0.3, -0.25) is 14.8 Å². The number of halogens is 1. The summed E-state index contributed by atoms with van der Waals surface area (Å²) in [5.74, 6) is 0. The molecule has 0 saturated carbocycles. The van der Waals surface area contributed by atoms with Crippen LogP contribution in [0.25, 0.3) is 0 Å². The van der Waals surface area contributed by atoms with Gasteiger partial charge in [-0.15, -0.1) is 11.3 Å². The molecule has 2 aromatic rings. The molecule has 9 heteroatoms. The van der Waals surface area contributed by atoms with Gasteiger partial charge in [-0.05, 0) is 34.1 Å². The second-order valence-electron chi connectivity index (χ2n) is 3.47. The van der Waals surface area contributed by atoms with Gasteiger partial charge in [0.15, 0.2) is 0 Å². The Kier molecular flexibility index (Phi) is 3.88. The zero-order chi connectivity index (χ0) is 14.0. The van der Waals surface area contributed by atoms with Crippen LogP contribution in [0.3, 0.4) is 0 Å². The molecule has 6 nitrogen and oxygen atoms in total. The number of hydrogen-bond acceptors (Lipinski definition) is 5. The fourth-order valence-electron chi connectivity index (χ4n) is 1.33. The molecule has 0 spiro atoms. The van der Waals surface area contributed by atoms with E-state index in [1.165, 1.54) is 30.3 Å². The van der Waals surface area contributed by atoms with Crippen LogP contribution >= 0.6 is 27.3 Å². The molecule has 1 heterocycles. The van der Waals surface area contributed by atoms with Gasteiger partial charge in [-0.1, -0.05) is 6.07 Å². The molecule has 19 heavy (non-hydrogen) atoms. The first-order chi connectivity index (χ1) is 8.88. The largest absolute Gasteiger partial charge is 0.279 e. The summed E-state index contributed by atoms with van der Waals surface area (Å²) in [5, 5.41) is 10.6. The SMILES string of the molecule is O=[N+]([O-])c1cccc(NS(=O)(=O)c2ccc(Br)s2)c1. The van der Waals surface area contributed by atoms with Gasteiger partial charge >= 0.3 is 0 Å². The van der Waals surface area contributed by atoms with Gasteiger partial charge in [0.1, 0.15) is 4.21 Å². The van der Waals surface area contributed by atoms with E-state index in [-0.39, 0.29) is 15.6 Å². The molecule has 2 rings (SSSR count). The number of rotatable bonds is 4. The number of non-ortho nitro benzene ring substituents is 1. The minimum absolute atomic E-state index is 0.130. The maximum atomic E-state index is 12.0. The third kappa shape index (κ3) is 3.31. The Morgan fingerprint density at radius 1 is 1.26 bits per heavy atom. The molecule has 0 saturated heterocycles. The lowest BCUT2D eigenvalue weighted by atomic mass is 10.3. The van der Waals surface area contributed by atoms with Crippen LogP contribution in [0.5, 0.6) is 0 Å². The summed E-state index contributed by atoms with van der Waals surface area (Å²) in [5.41, 5.74) is -0.0220. The predicted molar refractivity (Wildman–Crippen MR) is 75.9 cm³/mol. The van der Waals surface area contributed by atoms with Gasteiger partial charge in [0.05, 0.1) is 14.4 Å². The van der Waals surface area contributed by atoms with Crippen molar-refractivity contribution in [2.75, 3.05) is 4.72 Å². The summed E-state index contributed by atoms with van der Waals surface area (Å²) in [7, 11) is -3.72. The topological polar surface area (TPSA) is 89.3 Å². The van der Waals surface area contributed by atoms with Crippen LogP contribution in [0.1, 0.15) is 0 Å². The lowest BCUT2D eigenvalue weighted by Crippen LogP contribution is -2.11. The highest BCUT2D eigenvalue weighted by atomic mass is 79.9. The van der Waals surface area contributed by atoms with Gasteiger partial charge < -0.3 is 0 Å². The maximum absolute atomic E-state index is 12.0. The van der Waals surface area contributed by atoms with Gasteiger partial charge in [-0.25, -0.2) is 8.42 Å². The Hall–Kier alpha value is -1.45. The van der Waals surface area contributed by atoms with E-state index >= 15 is 0 Å². The van der Waals surface area contributed by atoms with Crippen molar-refractivity contribution in [1.29, 1.82) is 0 Å². The average Bonchev–Trinajstić information content (AvgIpc) is 2.76. The number of nitro benzene ring substituents is 1. The number of nitrogens with one attached hydrogen (secondary N) is 1. The highest BCUT2D eigenvalue weighted by Gasteiger charge is 2.17. The summed E-state index contributed by atoms with van der Waals surface area (Å²) >= 11 is 4.23. The van der Waals surface area contributed by atoms with Crippen molar-refractivity contribution in [2.24, 2.45) is 0 Å². The van der Waals surface area contributed by atoms with E-state index in [0.29, 0.717) is 3.79 Å². The first-order valence-corrected chi connectivity index (χ1v) is 8.00. The minimum Gasteiger partial charge on any atom is -0.279 e. The Labute approximate surface area is 121 Å². The van der Waals surface area contributed by atoms with Gasteiger partial charge in [-0.2, -0.15) is 0 Å². The predicted octanol–water partition coefficient (Wildman–Crippen LogP) is 3.22. The van der Waals surface area contributed by atoms with Crippen molar-refractivity contribution < 1.29 is 13.3 Å². The monoisotopic (exact) mass is 362 g/mol. The molecular formula is C10H7BrN2O4S2. The normalized spacial score (nSPS) is 11.2. The van der Waals surface area contributed by atoms with Crippen molar-refractivity contribution in [3.05, 3.63) is 50.3 Å². The van der Waals surface area contributed by atoms with Crippen LogP contribution in [-0.2, 0) is 10.0 Å². The highest BCUT2D eigenvalue weighted by Crippen LogP contribution is 2.28. The van der Waals surface area contributed by atoms with Gasteiger partial charge in [0.2, 0.25) is 0 Å². The van der Waals surface area contributed by atoms with E-state index in [4.69, 9.17) is 0 Å². The standard InChI is InChI=1S/C10H7BrN2O4S2/c11-9-4-5-10(18-9)19(16,17)12-7-2-1-3-8(6-7)13(14)15/h1-6,12H. The van der Waals surface area contributed by atoms with Crippen LogP contribution in [0.4, 0.5) is 11.4 Å². The number of sulfonamides is 1. The van der Waals surface area contributed by atoms with E-state index in [9.17, 15) is 18.5 Å². The molecule has 0 aliphatic heterocycles. The molecule has 0 radical (unpaired) electrons. The molecule has 100 valence electrons. The molecule has 0 unspecified atom stereocenters. The number of nitrogens with zero attached hydrogens (tertiary/aromatic N) is 1. The molecule has 0 amide bonds. The van der Waals surface area contributed by atoms with Crippen LogP contribution in [-0.4, -0.2) is 13.3 Å². The van der Waals surface area contributed by atoms with Crippen molar-refractivity contribution in [1.82, 2.24) is 0 Å². The molecule has 1 aromatic heterocycles. The first-order valence-electron chi connectivity index (χ1n) is 4.91. The minimum atomic E-state index is -3.72. The molecule has 0 atom stereocenters. The van der Waals surface area contributed by atoms with E-state index in [2.05, 4.69) is 20.7 Å². The first kappa shape index (κ1) is 14.0. The van der Waals surface area contributed by atoms with Crippen LogP contribution in [0.2, 0.25) is 0 Å². The van der Waals surface area contributed by atoms with Crippen LogP contribution < -0.4 is 4.72 Å². The van der Waals surface area contributed by atoms with E-state index in [0.717, 1.165) is 11.3 Å². The van der Waals surface area contributed by atoms with E-state index in [1.54, 1.807) is 6.07 Å². The number of benzene rings is 1. The molecule has 0 fully saturated rings. The van der Waals surface area contributed by atoms with Gasteiger partial charge in [0, 0.05) is 12.1 Å². The Balaban J connectivity index is 2.30. The Morgan fingerprint density at radius 2 is 2.00 bits per heavy atom. The van der Waals surface area contributed by atoms with Crippen molar-refractivity contribution in [3.63, 3.8) is 0 Å². The fourth-order valence-corrected chi connectivity index (χ4v) is 4.39. The van der Waals surface area contributed by atoms with E-state index < -0.39 is 14.9 Å². The zero-order valence-corrected chi connectivity index (χ0v) is 12.5. The number of thiophene rings is 1. The third-order valence-corrected chi connectivity index (χ3v) is 5.62. The molecule has 0 aliphatic rings. The van der Waals surface area contributed by atoms with E-state index in [1.807, 2.05) is 0 Å². The molecule has 1 N–H and O–H groups in total. The Bertz CT molecular complexity index is 727. The number of anilines is 1. The second kappa shape index (κ2) is 5.27. The van der Waals surface area contributed by atoms with Crippen molar-refractivity contribution in [2.45, 2.75) is 4.21 Å². The lowest BCUT2D eigenvalue weighted by molar-refractivity contribution is -0.384. The van der Waals surface area contributed by atoms with Gasteiger partial charge in [0.25, 0.3) is 15.7 Å². The number of hydrogen-bond donors (Lipinski definition) is 1. The van der Waals surface area contributed by atoms with Crippen molar-refractivity contribution in [3.8, 4) is 0 Å². The van der Waals surface area contributed by atoms with Crippen molar-refractivity contribution >= 4 is 48.7 Å². The maximum Gasteiger partial charge on any atom is 0.271 e. The molecule has 0 bridgehead atoms. The summed E-state index contributed by atoms with van der Waals surface area (Å²) in [6, 6.07) is 8.40. The summed E-state index contributed by atoms with van der Waals surface area (Å²) in [4.78, 5) is 10.0. The molecule has 0 aliphatic carbocycles. The zero-order valence-electron chi connectivity index (χ0n) is 9.24. The molecule has 1 aromatic carbocycles.